The number of hydrogen-bond acceptors (Lipinski definition) is 0. The third kappa shape index (κ3) is 5.98. The first-order valence-electron chi connectivity index (χ1n) is 19.9. The van der Waals surface area contributed by atoms with E-state index in [9.17, 15) is 26.3 Å². The zero-order valence-corrected chi connectivity index (χ0v) is 32.4. The molecular formula is C55H29F7. The number of hydrogen-bond donors (Lipinski definition) is 0. The molecule has 298 valence electrons. The number of rotatable bonds is 4. The zero-order chi connectivity index (χ0) is 42.4. The molecule has 0 heterocycles. The van der Waals surface area contributed by atoms with Gasteiger partial charge in [-0.15, -0.1) is 0 Å². The Balaban J connectivity index is 1.34. The quantitative estimate of drug-likeness (QED) is 0.0718. The van der Waals surface area contributed by atoms with Gasteiger partial charge < -0.3 is 0 Å². The molecule has 0 saturated heterocycles. The van der Waals surface area contributed by atoms with Crippen LogP contribution in [0.3, 0.4) is 0 Å². The molecule has 0 spiro atoms. The predicted molar refractivity (Wildman–Crippen MR) is 238 cm³/mol. The van der Waals surface area contributed by atoms with Gasteiger partial charge in [-0.1, -0.05) is 115 Å². The Morgan fingerprint density at radius 3 is 1.32 bits per heavy atom. The summed E-state index contributed by atoms with van der Waals surface area (Å²) in [6.45, 7) is 0. The standard InChI is InChI=1S/C55H29F7/c56-37-19-22-39-35(23-37)27-47(43-12-6-4-10-41(39)43)53-44-20-15-31(30-13-17-36(18-14-30)55(60,61)62)24-48(44)52(46-26-33-7-1-2-8-38(33)40-9-3-5-11-42(40)46)45-21-16-32(25-49(45)53)34-28-50(57)54(59)51(58)29-34/h1-29H. The molecule has 11 rings (SSSR count). The van der Waals surface area contributed by atoms with E-state index >= 15 is 4.39 Å². The molecule has 0 fully saturated rings. The minimum atomic E-state index is -4.50. The smallest absolute Gasteiger partial charge is 0.207 e. The van der Waals surface area contributed by atoms with E-state index in [-0.39, 0.29) is 5.56 Å². The lowest BCUT2D eigenvalue weighted by molar-refractivity contribution is -0.137. The van der Waals surface area contributed by atoms with Gasteiger partial charge >= 0.3 is 6.18 Å². The predicted octanol–water partition coefficient (Wildman–Crippen LogP) is 16.8. The number of fused-ring (bicyclic) bond motifs is 8. The van der Waals surface area contributed by atoms with Gasteiger partial charge in [-0.2, -0.15) is 13.2 Å². The van der Waals surface area contributed by atoms with Gasteiger partial charge in [0.1, 0.15) is 5.82 Å². The highest BCUT2D eigenvalue weighted by molar-refractivity contribution is 6.29. The van der Waals surface area contributed by atoms with Crippen molar-refractivity contribution in [1.29, 1.82) is 0 Å². The summed E-state index contributed by atoms with van der Waals surface area (Å²) in [4.78, 5) is 0. The molecule has 0 amide bonds. The SMILES string of the molecule is Fc1ccc2c(c1)cc(-c1c3ccc(-c4ccc(C(F)(F)F)cc4)cc3c(-c3cc4ccccc4c4ccccc34)c3ccc(-c4cc(F)c(F)c(F)c4)cc13)c1ccccc12. The molecule has 0 aliphatic rings. The van der Waals surface area contributed by atoms with E-state index in [2.05, 4.69) is 24.3 Å². The van der Waals surface area contributed by atoms with E-state index < -0.39 is 35.0 Å². The second-order valence-electron chi connectivity index (χ2n) is 15.6. The van der Waals surface area contributed by atoms with Crippen molar-refractivity contribution in [1.82, 2.24) is 0 Å². The average molecular weight is 823 g/mol. The van der Waals surface area contributed by atoms with Crippen LogP contribution >= 0.6 is 0 Å². The van der Waals surface area contributed by atoms with Crippen molar-refractivity contribution in [2.75, 3.05) is 0 Å². The van der Waals surface area contributed by atoms with Crippen LogP contribution in [0.4, 0.5) is 30.7 Å². The number of halogens is 7. The fourth-order valence-electron chi connectivity index (χ4n) is 9.29. The summed E-state index contributed by atoms with van der Waals surface area (Å²) in [5, 5.41) is 10.3. The molecule has 0 unspecified atom stereocenters. The van der Waals surface area contributed by atoms with E-state index in [1.54, 1.807) is 12.1 Å². The lowest BCUT2D eigenvalue weighted by Crippen LogP contribution is -2.03. The van der Waals surface area contributed by atoms with Gasteiger partial charge in [0.15, 0.2) is 17.5 Å². The Hall–Kier alpha value is -7.51. The first kappa shape index (κ1) is 37.5. The molecule has 0 saturated carbocycles. The van der Waals surface area contributed by atoms with Crippen LogP contribution in [-0.4, -0.2) is 0 Å². The van der Waals surface area contributed by atoms with Crippen LogP contribution in [0, 0.1) is 23.3 Å². The molecule has 0 aliphatic heterocycles. The Labute approximate surface area is 349 Å². The van der Waals surface area contributed by atoms with E-state index in [1.807, 2.05) is 91.0 Å². The number of benzene rings is 11. The monoisotopic (exact) mass is 822 g/mol. The first-order valence-corrected chi connectivity index (χ1v) is 19.9. The van der Waals surface area contributed by atoms with Crippen LogP contribution in [-0.2, 0) is 6.18 Å². The summed E-state index contributed by atoms with van der Waals surface area (Å²) in [7, 11) is 0. The van der Waals surface area contributed by atoms with E-state index in [0.717, 1.165) is 100 Å². The highest BCUT2D eigenvalue weighted by Gasteiger charge is 2.30. The van der Waals surface area contributed by atoms with Crippen molar-refractivity contribution in [2.45, 2.75) is 6.18 Å². The van der Waals surface area contributed by atoms with Crippen LogP contribution in [0.1, 0.15) is 5.56 Å². The molecular weight excluding hydrogens is 794 g/mol. The van der Waals surface area contributed by atoms with Gasteiger partial charge in [-0.25, -0.2) is 17.6 Å². The molecule has 11 aromatic rings. The summed E-state index contributed by atoms with van der Waals surface area (Å²) in [6, 6.07) is 51.2. The van der Waals surface area contributed by atoms with Gasteiger partial charge in [0.2, 0.25) is 0 Å². The minimum Gasteiger partial charge on any atom is -0.207 e. The van der Waals surface area contributed by atoms with Crippen molar-refractivity contribution in [3.8, 4) is 44.5 Å². The lowest BCUT2D eigenvalue weighted by atomic mass is 9.81. The highest BCUT2D eigenvalue weighted by atomic mass is 19.4. The number of alkyl halides is 3. The molecule has 7 heteroatoms. The van der Waals surface area contributed by atoms with Crippen molar-refractivity contribution in [3.05, 3.63) is 205 Å². The summed E-state index contributed by atoms with van der Waals surface area (Å²) < 4.78 is 100. The molecule has 0 bridgehead atoms. The second-order valence-corrected chi connectivity index (χ2v) is 15.6. The molecule has 62 heavy (non-hydrogen) atoms. The van der Waals surface area contributed by atoms with Gasteiger partial charge in [0.05, 0.1) is 5.56 Å². The molecule has 11 aromatic carbocycles. The van der Waals surface area contributed by atoms with Crippen molar-refractivity contribution >= 4 is 64.6 Å². The van der Waals surface area contributed by atoms with E-state index in [4.69, 9.17) is 0 Å². The Morgan fingerprint density at radius 1 is 0.306 bits per heavy atom. The summed E-state index contributed by atoms with van der Waals surface area (Å²) in [5.41, 5.74) is 4.30. The summed E-state index contributed by atoms with van der Waals surface area (Å²) in [6.07, 6.45) is -4.50. The fraction of sp³-hybridized carbons (Fsp3) is 0.0182. The molecule has 0 aromatic heterocycles. The topological polar surface area (TPSA) is 0 Å². The largest absolute Gasteiger partial charge is 0.416 e. The van der Waals surface area contributed by atoms with Crippen LogP contribution in [0.15, 0.2) is 176 Å². The molecule has 0 atom stereocenters. The maximum atomic E-state index is 15.0. The van der Waals surface area contributed by atoms with E-state index in [1.165, 1.54) is 24.3 Å². The maximum Gasteiger partial charge on any atom is 0.416 e. The van der Waals surface area contributed by atoms with Crippen LogP contribution in [0.25, 0.3) is 109 Å². The first-order chi connectivity index (χ1) is 30.0. The van der Waals surface area contributed by atoms with Gasteiger partial charge in [-0.3, -0.25) is 0 Å². The van der Waals surface area contributed by atoms with E-state index in [0.29, 0.717) is 27.5 Å². The Bertz CT molecular complexity index is 3640. The van der Waals surface area contributed by atoms with Crippen LogP contribution in [0.2, 0.25) is 0 Å². The van der Waals surface area contributed by atoms with Crippen LogP contribution in [0.5, 0.6) is 0 Å². The summed E-state index contributed by atoms with van der Waals surface area (Å²) in [5.74, 6) is -4.61. The minimum absolute atomic E-state index is 0.134. The molecule has 0 aliphatic carbocycles. The Kier molecular flexibility index (Phi) is 8.48. The van der Waals surface area contributed by atoms with Gasteiger partial charge in [0.25, 0.3) is 0 Å². The second kappa shape index (κ2) is 14.0. The van der Waals surface area contributed by atoms with Crippen LogP contribution < -0.4 is 0 Å². The zero-order valence-electron chi connectivity index (χ0n) is 32.4. The Morgan fingerprint density at radius 2 is 0.758 bits per heavy atom. The fourth-order valence-corrected chi connectivity index (χ4v) is 9.29. The average Bonchev–Trinajstić information content (AvgIpc) is 3.28. The third-order valence-corrected chi connectivity index (χ3v) is 12.1. The third-order valence-electron chi connectivity index (χ3n) is 12.1. The normalized spacial score (nSPS) is 12.1. The van der Waals surface area contributed by atoms with Gasteiger partial charge in [-0.05, 0) is 170 Å². The summed E-state index contributed by atoms with van der Waals surface area (Å²) >= 11 is 0. The molecule has 0 radical (unpaired) electrons. The molecule has 0 N–H and O–H groups in total. The highest BCUT2D eigenvalue weighted by Crippen LogP contribution is 2.50. The van der Waals surface area contributed by atoms with Crippen molar-refractivity contribution < 1.29 is 30.7 Å². The van der Waals surface area contributed by atoms with Crippen molar-refractivity contribution in [3.63, 3.8) is 0 Å². The van der Waals surface area contributed by atoms with Gasteiger partial charge in [0, 0.05) is 0 Å². The maximum absolute atomic E-state index is 15.0. The van der Waals surface area contributed by atoms with Crippen molar-refractivity contribution in [2.24, 2.45) is 0 Å². The molecule has 0 nitrogen and oxygen atoms in total. The lowest BCUT2D eigenvalue weighted by Gasteiger charge is -2.22.